The lowest BCUT2D eigenvalue weighted by Crippen LogP contribution is -2.39. The SMILES string of the molecule is CCO[C@@H]1[C@@H](c2ccccc2)Nc2c(ccn3c(C)c(C)nc23)[C@H]1OCC. The Balaban J connectivity index is 1.91. The van der Waals surface area contributed by atoms with Crippen molar-refractivity contribution in [2.24, 2.45) is 0 Å². The summed E-state index contributed by atoms with van der Waals surface area (Å²) in [5.41, 5.74) is 6.49. The van der Waals surface area contributed by atoms with Crippen molar-refractivity contribution in [3.05, 3.63) is 65.1 Å². The van der Waals surface area contributed by atoms with Crippen LogP contribution in [0.3, 0.4) is 0 Å². The van der Waals surface area contributed by atoms with Gasteiger partial charge in [0.25, 0.3) is 0 Å². The van der Waals surface area contributed by atoms with E-state index in [-0.39, 0.29) is 18.2 Å². The molecule has 3 atom stereocenters. The maximum absolute atomic E-state index is 6.21. The zero-order chi connectivity index (χ0) is 19.0. The van der Waals surface area contributed by atoms with Crippen LogP contribution in [-0.2, 0) is 9.47 Å². The van der Waals surface area contributed by atoms with Gasteiger partial charge in [-0.2, -0.15) is 0 Å². The van der Waals surface area contributed by atoms with Crippen LogP contribution in [0.25, 0.3) is 5.65 Å². The van der Waals surface area contributed by atoms with Crippen LogP contribution in [0, 0.1) is 13.8 Å². The van der Waals surface area contributed by atoms with Crippen molar-refractivity contribution in [3.8, 4) is 0 Å². The maximum atomic E-state index is 6.21. The van der Waals surface area contributed by atoms with Gasteiger partial charge in [-0.15, -0.1) is 0 Å². The smallest absolute Gasteiger partial charge is 0.161 e. The minimum atomic E-state index is -0.140. The summed E-state index contributed by atoms with van der Waals surface area (Å²) in [4.78, 5) is 4.82. The molecule has 1 aliphatic rings. The van der Waals surface area contributed by atoms with Crippen LogP contribution in [0.5, 0.6) is 0 Å². The molecular formula is C22H27N3O2. The standard InChI is InChI=1S/C22H27N3O2/c1-5-26-20-17-12-13-25-15(4)14(3)23-22(25)19(17)24-18(21(20)27-6-2)16-10-8-7-9-11-16/h7-13,18,20-21,24H,5-6H2,1-4H3/t18-,20-,21-/m1/s1. The van der Waals surface area contributed by atoms with Gasteiger partial charge in [0.15, 0.2) is 5.65 Å². The minimum absolute atomic E-state index is 0.00119. The highest BCUT2D eigenvalue weighted by Crippen LogP contribution is 2.44. The van der Waals surface area contributed by atoms with E-state index >= 15 is 0 Å². The van der Waals surface area contributed by atoms with Crippen LogP contribution in [0.1, 0.15) is 48.5 Å². The number of hydrogen-bond acceptors (Lipinski definition) is 4. The van der Waals surface area contributed by atoms with Gasteiger partial charge in [0.1, 0.15) is 12.2 Å². The summed E-state index contributed by atoms with van der Waals surface area (Å²) in [5.74, 6) is 0. The number of hydrogen-bond donors (Lipinski definition) is 1. The van der Waals surface area contributed by atoms with E-state index in [0.717, 1.165) is 28.3 Å². The third kappa shape index (κ3) is 3.01. The van der Waals surface area contributed by atoms with Crippen molar-refractivity contribution in [1.82, 2.24) is 9.38 Å². The molecule has 0 saturated heterocycles. The van der Waals surface area contributed by atoms with Gasteiger partial charge in [-0.05, 0) is 39.3 Å². The third-order valence-electron chi connectivity index (χ3n) is 5.40. The molecule has 3 heterocycles. The number of nitrogens with zero attached hydrogens (tertiary/aromatic N) is 2. The largest absolute Gasteiger partial charge is 0.373 e. The molecule has 5 nitrogen and oxygen atoms in total. The van der Waals surface area contributed by atoms with E-state index in [1.54, 1.807) is 0 Å². The van der Waals surface area contributed by atoms with Crippen molar-refractivity contribution < 1.29 is 9.47 Å². The van der Waals surface area contributed by atoms with Crippen molar-refractivity contribution in [2.75, 3.05) is 18.5 Å². The topological polar surface area (TPSA) is 47.8 Å². The summed E-state index contributed by atoms with van der Waals surface area (Å²) in [6.45, 7) is 9.48. The summed E-state index contributed by atoms with van der Waals surface area (Å²) >= 11 is 0. The van der Waals surface area contributed by atoms with Gasteiger partial charge in [0.05, 0.1) is 17.4 Å². The van der Waals surface area contributed by atoms with E-state index in [1.807, 2.05) is 19.9 Å². The predicted octanol–water partition coefficient (Wildman–Crippen LogP) is 4.60. The zero-order valence-corrected chi connectivity index (χ0v) is 16.4. The fourth-order valence-electron chi connectivity index (χ4n) is 4.00. The molecule has 1 N–H and O–H groups in total. The second-order valence-electron chi connectivity index (χ2n) is 6.95. The fourth-order valence-corrected chi connectivity index (χ4v) is 4.00. The van der Waals surface area contributed by atoms with E-state index < -0.39 is 0 Å². The number of rotatable bonds is 5. The van der Waals surface area contributed by atoms with Gasteiger partial charge in [-0.3, -0.25) is 0 Å². The number of pyridine rings is 1. The first-order valence-electron chi connectivity index (χ1n) is 9.68. The van der Waals surface area contributed by atoms with Crippen LogP contribution in [0.15, 0.2) is 42.6 Å². The normalized spacial score (nSPS) is 21.9. The van der Waals surface area contributed by atoms with E-state index in [2.05, 4.69) is 60.1 Å². The van der Waals surface area contributed by atoms with Crippen LogP contribution >= 0.6 is 0 Å². The Bertz CT molecular complexity index is 936. The molecule has 0 fully saturated rings. The highest BCUT2D eigenvalue weighted by molar-refractivity contribution is 5.75. The summed E-state index contributed by atoms with van der Waals surface area (Å²) in [6, 6.07) is 12.6. The molecule has 0 amide bonds. The van der Waals surface area contributed by atoms with Gasteiger partial charge in [-0.25, -0.2) is 4.98 Å². The number of ether oxygens (including phenoxy) is 2. The first-order chi connectivity index (χ1) is 13.2. The van der Waals surface area contributed by atoms with Gasteiger partial charge >= 0.3 is 0 Å². The summed E-state index contributed by atoms with van der Waals surface area (Å²) in [5, 5.41) is 3.73. The molecule has 3 aromatic rings. The molecule has 4 rings (SSSR count). The molecule has 0 aliphatic carbocycles. The molecule has 0 saturated carbocycles. The first kappa shape index (κ1) is 18.0. The monoisotopic (exact) mass is 365 g/mol. The van der Waals surface area contributed by atoms with Gasteiger partial charge in [0, 0.05) is 30.7 Å². The average Bonchev–Trinajstić information content (AvgIpc) is 2.98. The number of nitrogens with one attached hydrogen (secondary N) is 1. The van der Waals surface area contributed by atoms with Crippen molar-refractivity contribution in [2.45, 2.75) is 45.9 Å². The lowest BCUT2D eigenvalue weighted by atomic mass is 9.88. The Morgan fingerprint density at radius 1 is 1.04 bits per heavy atom. The fraction of sp³-hybridized carbons (Fsp3) is 0.409. The molecule has 0 radical (unpaired) electrons. The van der Waals surface area contributed by atoms with Gasteiger partial charge in [-0.1, -0.05) is 30.3 Å². The molecule has 142 valence electrons. The van der Waals surface area contributed by atoms with Crippen LogP contribution < -0.4 is 5.32 Å². The molecule has 0 spiro atoms. The van der Waals surface area contributed by atoms with E-state index in [9.17, 15) is 0 Å². The highest BCUT2D eigenvalue weighted by atomic mass is 16.5. The summed E-state index contributed by atoms with van der Waals surface area (Å²) < 4.78 is 14.6. The van der Waals surface area contributed by atoms with Crippen LogP contribution in [-0.4, -0.2) is 28.7 Å². The zero-order valence-electron chi connectivity index (χ0n) is 16.4. The maximum Gasteiger partial charge on any atom is 0.161 e. The van der Waals surface area contributed by atoms with Crippen LogP contribution in [0.4, 0.5) is 5.69 Å². The number of aryl methyl sites for hydroxylation is 2. The van der Waals surface area contributed by atoms with E-state index in [0.29, 0.717) is 13.2 Å². The molecule has 1 aliphatic heterocycles. The number of fused-ring (bicyclic) bond motifs is 3. The molecule has 1 aromatic carbocycles. The highest BCUT2D eigenvalue weighted by Gasteiger charge is 2.40. The minimum Gasteiger partial charge on any atom is -0.373 e. The molecule has 5 heteroatoms. The molecule has 2 aromatic heterocycles. The Kier molecular flexibility index (Phi) is 4.89. The Hall–Kier alpha value is -2.37. The number of anilines is 1. The molecule has 0 unspecified atom stereocenters. The average molecular weight is 365 g/mol. The Morgan fingerprint density at radius 2 is 1.78 bits per heavy atom. The summed E-state index contributed by atoms with van der Waals surface area (Å²) in [6.07, 6.45) is 1.84. The van der Waals surface area contributed by atoms with E-state index in [1.165, 1.54) is 5.56 Å². The summed E-state index contributed by atoms with van der Waals surface area (Å²) in [7, 11) is 0. The van der Waals surface area contributed by atoms with Gasteiger partial charge < -0.3 is 19.2 Å². The number of imidazole rings is 1. The van der Waals surface area contributed by atoms with Crippen molar-refractivity contribution >= 4 is 11.3 Å². The van der Waals surface area contributed by atoms with Crippen molar-refractivity contribution in [3.63, 3.8) is 0 Å². The lowest BCUT2D eigenvalue weighted by molar-refractivity contribution is -0.0806. The van der Waals surface area contributed by atoms with E-state index in [4.69, 9.17) is 14.5 Å². The second kappa shape index (κ2) is 7.33. The number of benzene rings is 1. The Morgan fingerprint density at radius 3 is 2.48 bits per heavy atom. The predicted molar refractivity (Wildman–Crippen MR) is 107 cm³/mol. The van der Waals surface area contributed by atoms with Crippen molar-refractivity contribution in [1.29, 1.82) is 0 Å². The first-order valence-corrected chi connectivity index (χ1v) is 9.68. The molecule has 0 bridgehead atoms. The third-order valence-corrected chi connectivity index (χ3v) is 5.40. The second-order valence-corrected chi connectivity index (χ2v) is 6.95. The van der Waals surface area contributed by atoms with Gasteiger partial charge in [0.2, 0.25) is 0 Å². The Labute approximate surface area is 160 Å². The lowest BCUT2D eigenvalue weighted by Gasteiger charge is -2.40. The molecule has 27 heavy (non-hydrogen) atoms. The van der Waals surface area contributed by atoms with Crippen LogP contribution in [0.2, 0.25) is 0 Å². The molecular weight excluding hydrogens is 338 g/mol. The number of aromatic nitrogens is 2. The quantitative estimate of drug-likeness (QED) is 0.718.